The lowest BCUT2D eigenvalue weighted by Crippen LogP contribution is -2.33. The number of hydrogen-bond donors (Lipinski definition) is 1. The second-order valence-corrected chi connectivity index (χ2v) is 12.1. The van der Waals surface area contributed by atoms with Gasteiger partial charge in [0.2, 0.25) is 5.95 Å². The van der Waals surface area contributed by atoms with Crippen LogP contribution in [-0.2, 0) is 18.4 Å². The van der Waals surface area contributed by atoms with Crippen molar-refractivity contribution in [2.75, 3.05) is 18.4 Å². The minimum absolute atomic E-state index is 0.0599. The number of anilines is 2. The van der Waals surface area contributed by atoms with Crippen LogP contribution < -0.4 is 10.9 Å². The molecular weight excluding hydrogens is 474 g/mol. The van der Waals surface area contributed by atoms with Gasteiger partial charge in [0.25, 0.3) is 5.56 Å². The Balaban J connectivity index is 1.52. The van der Waals surface area contributed by atoms with Crippen molar-refractivity contribution < 1.29 is 0 Å². The van der Waals surface area contributed by atoms with Crippen LogP contribution in [0.4, 0.5) is 11.6 Å². The number of nitrogens with one attached hydrogen (secondary N) is 1. The molecule has 1 aromatic carbocycles. The summed E-state index contributed by atoms with van der Waals surface area (Å²) in [7, 11) is 0. The predicted octanol–water partition coefficient (Wildman–Crippen LogP) is 5.61. The van der Waals surface area contributed by atoms with Gasteiger partial charge < -0.3 is 5.32 Å². The van der Waals surface area contributed by atoms with Gasteiger partial charge in [-0.3, -0.25) is 14.7 Å². The molecule has 1 aliphatic heterocycles. The maximum absolute atomic E-state index is 13.4. The summed E-state index contributed by atoms with van der Waals surface area (Å²) < 4.78 is 3.65. The third kappa shape index (κ3) is 5.10. The Kier molecular flexibility index (Phi) is 6.86. The molecule has 0 saturated heterocycles. The monoisotopic (exact) mass is 513 g/mol. The molecular formula is C30H39N7O. The van der Waals surface area contributed by atoms with E-state index in [4.69, 9.17) is 4.98 Å². The molecule has 4 aromatic rings. The average Bonchev–Trinajstić information content (AvgIpc) is 3.15. The number of nitrogens with zero attached hydrogens (tertiary/aromatic N) is 6. The molecule has 0 aliphatic carbocycles. The number of aromatic nitrogens is 5. The fourth-order valence-corrected chi connectivity index (χ4v) is 5.23. The highest BCUT2D eigenvalue weighted by molar-refractivity contribution is 5.77. The van der Waals surface area contributed by atoms with Gasteiger partial charge in [0.1, 0.15) is 5.39 Å². The van der Waals surface area contributed by atoms with Gasteiger partial charge in [-0.15, -0.1) is 0 Å². The van der Waals surface area contributed by atoms with Crippen molar-refractivity contribution in [1.29, 1.82) is 0 Å². The zero-order chi connectivity index (χ0) is 27.2. The van der Waals surface area contributed by atoms with Crippen LogP contribution >= 0.6 is 0 Å². The van der Waals surface area contributed by atoms with Crippen molar-refractivity contribution in [3.05, 3.63) is 69.9 Å². The summed E-state index contributed by atoms with van der Waals surface area (Å²) in [5, 5.41) is 3.88. The van der Waals surface area contributed by atoms with Gasteiger partial charge in [-0.1, -0.05) is 40.7 Å². The first-order chi connectivity index (χ1) is 18.0. The van der Waals surface area contributed by atoms with Crippen LogP contribution in [0.2, 0.25) is 0 Å². The number of hydrogen-bond acceptors (Lipinski definition) is 6. The molecule has 0 bridgehead atoms. The average molecular weight is 514 g/mol. The molecule has 5 rings (SSSR count). The number of rotatable bonds is 6. The molecule has 38 heavy (non-hydrogen) atoms. The lowest BCUT2D eigenvalue weighted by molar-refractivity contribution is 0.226. The minimum atomic E-state index is -0.123. The Labute approximate surface area is 224 Å². The molecule has 1 N–H and O–H groups in total. The van der Waals surface area contributed by atoms with Crippen molar-refractivity contribution in [3.63, 3.8) is 0 Å². The van der Waals surface area contributed by atoms with Crippen molar-refractivity contribution in [2.45, 2.75) is 72.9 Å². The number of benzene rings is 1. The van der Waals surface area contributed by atoms with Crippen LogP contribution in [0.5, 0.6) is 0 Å². The van der Waals surface area contributed by atoms with Crippen molar-refractivity contribution in [1.82, 2.24) is 29.2 Å². The molecule has 0 saturated carbocycles. The molecule has 0 amide bonds. The highest BCUT2D eigenvalue weighted by Crippen LogP contribution is 2.27. The molecule has 0 unspecified atom stereocenters. The van der Waals surface area contributed by atoms with Crippen LogP contribution in [-0.4, -0.2) is 42.3 Å². The first-order valence-corrected chi connectivity index (χ1v) is 13.6. The molecule has 0 atom stereocenters. The zero-order valence-electron chi connectivity index (χ0n) is 23.6. The third-order valence-electron chi connectivity index (χ3n) is 7.05. The van der Waals surface area contributed by atoms with E-state index < -0.39 is 0 Å². The van der Waals surface area contributed by atoms with Gasteiger partial charge in [-0.2, -0.15) is 4.98 Å². The van der Waals surface area contributed by atoms with Gasteiger partial charge in [0.05, 0.1) is 5.69 Å². The summed E-state index contributed by atoms with van der Waals surface area (Å²) in [5.41, 5.74) is 5.87. The fraction of sp³-hybridized carbons (Fsp3) is 0.467. The smallest absolute Gasteiger partial charge is 0.278 e. The lowest BCUT2D eigenvalue weighted by atomic mass is 9.91. The molecule has 0 spiro atoms. The first kappa shape index (κ1) is 26.1. The van der Waals surface area contributed by atoms with E-state index in [2.05, 4.69) is 73.0 Å². The van der Waals surface area contributed by atoms with Crippen molar-refractivity contribution >= 4 is 22.7 Å². The van der Waals surface area contributed by atoms with Crippen molar-refractivity contribution in [3.8, 4) is 5.69 Å². The Bertz CT molecular complexity index is 1520. The quantitative estimate of drug-likeness (QED) is 0.361. The van der Waals surface area contributed by atoms with Crippen LogP contribution in [0.3, 0.4) is 0 Å². The zero-order valence-corrected chi connectivity index (χ0v) is 23.6. The lowest BCUT2D eigenvalue weighted by Gasteiger charge is -2.30. The van der Waals surface area contributed by atoms with Gasteiger partial charge in [0.15, 0.2) is 5.65 Å². The van der Waals surface area contributed by atoms with Crippen molar-refractivity contribution in [2.24, 2.45) is 5.92 Å². The van der Waals surface area contributed by atoms with E-state index in [1.807, 2.05) is 30.7 Å². The van der Waals surface area contributed by atoms with Crippen LogP contribution in [0, 0.1) is 5.92 Å². The number of fused-ring (bicyclic) bond motifs is 2. The minimum Gasteiger partial charge on any atom is -0.324 e. The summed E-state index contributed by atoms with van der Waals surface area (Å²) in [5.74, 6) is 1.13. The van der Waals surface area contributed by atoms with E-state index in [1.165, 1.54) is 11.1 Å². The van der Waals surface area contributed by atoms with Gasteiger partial charge in [-0.05, 0) is 61.6 Å². The van der Waals surface area contributed by atoms with Gasteiger partial charge in [0, 0.05) is 54.9 Å². The summed E-state index contributed by atoms with van der Waals surface area (Å²) >= 11 is 0. The summed E-state index contributed by atoms with van der Waals surface area (Å²) in [4.78, 5) is 29.9. The summed E-state index contributed by atoms with van der Waals surface area (Å²) in [6.07, 6.45) is 4.47. The van der Waals surface area contributed by atoms with Crippen LogP contribution in [0.1, 0.15) is 71.3 Å². The topological polar surface area (TPSA) is 80.9 Å². The van der Waals surface area contributed by atoms with E-state index in [0.29, 0.717) is 22.9 Å². The predicted molar refractivity (Wildman–Crippen MR) is 154 cm³/mol. The maximum Gasteiger partial charge on any atom is 0.278 e. The Morgan fingerprint density at radius 1 is 1.03 bits per heavy atom. The Morgan fingerprint density at radius 2 is 1.82 bits per heavy atom. The second kappa shape index (κ2) is 9.98. The van der Waals surface area contributed by atoms with Gasteiger partial charge in [-0.25, -0.2) is 14.3 Å². The highest BCUT2D eigenvalue weighted by atomic mass is 16.1. The van der Waals surface area contributed by atoms with Crippen LogP contribution in [0.15, 0.2) is 47.5 Å². The second-order valence-electron chi connectivity index (χ2n) is 12.1. The van der Waals surface area contributed by atoms with E-state index >= 15 is 0 Å². The fourth-order valence-electron chi connectivity index (χ4n) is 5.23. The van der Waals surface area contributed by atoms with Gasteiger partial charge >= 0.3 is 0 Å². The SMILES string of the molecule is CC(C)CN1CCc2cc(Nc3ncc4c(=O)n(C(C)C)n(-c5ccnc(C(C)(C)C)c5)c4n3)ccc2C1. The standard InChI is InChI=1S/C30H39N7O/c1-19(2)17-35-13-11-21-14-23(9-8-22(21)18-35)33-29-32-16-25-27(34-29)37(36(20(3)4)28(25)38)24-10-12-31-26(15-24)30(5,6)7/h8-10,12,14-16,19-20H,11,13,17-18H2,1-7H3,(H,32,33,34). The molecule has 0 fully saturated rings. The number of pyridine rings is 1. The highest BCUT2D eigenvalue weighted by Gasteiger charge is 2.22. The third-order valence-corrected chi connectivity index (χ3v) is 7.05. The molecule has 8 heteroatoms. The first-order valence-electron chi connectivity index (χ1n) is 13.6. The van der Waals surface area contributed by atoms with E-state index in [0.717, 1.165) is 43.1 Å². The molecule has 200 valence electrons. The molecule has 1 aliphatic rings. The van der Waals surface area contributed by atoms with E-state index in [1.54, 1.807) is 17.1 Å². The molecule has 0 radical (unpaired) electrons. The summed E-state index contributed by atoms with van der Waals surface area (Å²) in [6.45, 7) is 18.1. The Hall–Kier alpha value is -3.52. The van der Waals surface area contributed by atoms with E-state index in [-0.39, 0.29) is 17.0 Å². The normalized spacial score (nSPS) is 14.4. The maximum atomic E-state index is 13.4. The summed E-state index contributed by atoms with van der Waals surface area (Å²) in [6, 6.07) is 10.4. The molecule has 4 heterocycles. The van der Waals surface area contributed by atoms with E-state index in [9.17, 15) is 4.79 Å². The van der Waals surface area contributed by atoms with Crippen LogP contribution in [0.25, 0.3) is 16.7 Å². The molecule has 8 nitrogen and oxygen atoms in total. The largest absolute Gasteiger partial charge is 0.324 e. The Morgan fingerprint density at radius 3 is 2.53 bits per heavy atom. The molecule has 3 aromatic heterocycles.